The number of aliphatic hydroxyl groups excluding tert-OH is 1. The number of halogens is 1. The molecule has 0 bridgehead atoms. The largest absolute Gasteiger partial charge is 0.507 e. The summed E-state index contributed by atoms with van der Waals surface area (Å²) in [4.78, 5) is 34.0. The molecule has 0 radical (unpaired) electrons. The molecule has 2 heterocycles. The number of ether oxygens (including phenoxy) is 1. The summed E-state index contributed by atoms with van der Waals surface area (Å²) in [7, 11) is 5.30. The van der Waals surface area contributed by atoms with Crippen molar-refractivity contribution in [3.05, 3.63) is 93.8 Å². The summed E-state index contributed by atoms with van der Waals surface area (Å²) >= 11 is 6.36. The molecule has 2 aromatic carbocycles. The number of Topliss-reactive ketones (excluding diaryl/α,β-unsaturated/α-hetero) is 1. The van der Waals surface area contributed by atoms with E-state index >= 15 is 0 Å². The molecule has 1 amide bonds. The van der Waals surface area contributed by atoms with Gasteiger partial charge in [0.1, 0.15) is 11.5 Å². The molecule has 0 spiro atoms. The van der Waals surface area contributed by atoms with Crippen LogP contribution in [0.5, 0.6) is 5.75 Å². The van der Waals surface area contributed by atoms with Crippen molar-refractivity contribution in [2.45, 2.75) is 19.5 Å². The summed E-state index contributed by atoms with van der Waals surface area (Å²) in [5.41, 5.74) is 3.49. The Labute approximate surface area is 209 Å². The summed E-state index contributed by atoms with van der Waals surface area (Å²) < 4.78 is 5.43. The van der Waals surface area contributed by atoms with Gasteiger partial charge in [0.05, 0.1) is 29.3 Å². The first kappa shape index (κ1) is 24.3. The predicted molar refractivity (Wildman–Crippen MR) is 136 cm³/mol. The number of rotatable bonds is 6. The normalized spacial score (nSPS) is 17.1. The first-order valence-corrected chi connectivity index (χ1v) is 11.4. The maximum atomic E-state index is 13.3. The molecule has 0 saturated carbocycles. The highest BCUT2D eigenvalue weighted by Crippen LogP contribution is 2.43. The van der Waals surface area contributed by atoms with Gasteiger partial charge in [-0.05, 0) is 60.0 Å². The van der Waals surface area contributed by atoms with Gasteiger partial charge in [-0.2, -0.15) is 0 Å². The van der Waals surface area contributed by atoms with Gasteiger partial charge in [0.25, 0.3) is 11.7 Å². The van der Waals surface area contributed by atoms with Gasteiger partial charge in [-0.15, -0.1) is 0 Å². The molecule has 4 rings (SSSR count). The van der Waals surface area contributed by atoms with Crippen LogP contribution in [-0.4, -0.2) is 47.9 Å². The number of methoxy groups -OCH3 is 1. The van der Waals surface area contributed by atoms with E-state index in [-0.39, 0.29) is 29.2 Å². The quantitative estimate of drug-likeness (QED) is 0.304. The molecule has 7 nitrogen and oxygen atoms in total. The van der Waals surface area contributed by atoms with Crippen molar-refractivity contribution in [2.24, 2.45) is 0 Å². The van der Waals surface area contributed by atoms with Crippen LogP contribution in [0.25, 0.3) is 5.76 Å². The van der Waals surface area contributed by atoms with Crippen molar-refractivity contribution in [1.82, 2.24) is 9.88 Å². The van der Waals surface area contributed by atoms with Crippen LogP contribution >= 0.6 is 11.6 Å². The molecule has 1 N–H and O–H groups in total. The molecular weight excluding hydrogens is 466 g/mol. The molecule has 1 fully saturated rings. The van der Waals surface area contributed by atoms with Crippen molar-refractivity contribution < 1.29 is 19.4 Å². The Hall–Kier alpha value is -3.84. The molecule has 180 valence electrons. The Morgan fingerprint density at radius 1 is 1.11 bits per heavy atom. The van der Waals surface area contributed by atoms with Crippen LogP contribution in [-0.2, 0) is 16.1 Å². The van der Waals surface area contributed by atoms with Gasteiger partial charge >= 0.3 is 0 Å². The molecule has 8 heteroatoms. The molecule has 1 unspecified atom stereocenters. The maximum Gasteiger partial charge on any atom is 0.295 e. The molecule has 1 atom stereocenters. The number of aryl methyl sites for hydroxylation is 1. The lowest BCUT2D eigenvalue weighted by Crippen LogP contribution is -2.29. The van der Waals surface area contributed by atoms with Gasteiger partial charge in [0, 0.05) is 38.7 Å². The van der Waals surface area contributed by atoms with E-state index in [1.807, 2.05) is 50.2 Å². The van der Waals surface area contributed by atoms with E-state index < -0.39 is 17.7 Å². The Balaban J connectivity index is 1.92. The Morgan fingerprint density at radius 3 is 2.37 bits per heavy atom. The second kappa shape index (κ2) is 9.80. The van der Waals surface area contributed by atoms with Crippen LogP contribution in [0.2, 0.25) is 5.02 Å². The molecule has 1 saturated heterocycles. The third-order valence-electron chi connectivity index (χ3n) is 6.01. The van der Waals surface area contributed by atoms with Crippen LogP contribution in [0, 0.1) is 6.92 Å². The fourth-order valence-corrected chi connectivity index (χ4v) is 4.64. The summed E-state index contributed by atoms with van der Waals surface area (Å²) in [5, 5.41) is 11.7. The smallest absolute Gasteiger partial charge is 0.295 e. The molecule has 1 aromatic heterocycles. The number of aliphatic hydroxyl groups is 1. The van der Waals surface area contributed by atoms with E-state index in [4.69, 9.17) is 16.3 Å². The fourth-order valence-electron chi connectivity index (χ4n) is 4.29. The number of benzene rings is 2. The van der Waals surface area contributed by atoms with E-state index in [9.17, 15) is 14.7 Å². The summed E-state index contributed by atoms with van der Waals surface area (Å²) in [6.07, 6.45) is 3.26. The van der Waals surface area contributed by atoms with E-state index in [1.54, 1.807) is 36.7 Å². The second-order valence-corrected chi connectivity index (χ2v) is 9.00. The Kier molecular flexibility index (Phi) is 6.80. The van der Waals surface area contributed by atoms with Gasteiger partial charge in [0.2, 0.25) is 0 Å². The number of pyridine rings is 1. The lowest BCUT2D eigenvalue weighted by molar-refractivity contribution is -0.140. The lowest BCUT2D eigenvalue weighted by atomic mass is 9.94. The van der Waals surface area contributed by atoms with E-state index in [0.717, 1.165) is 16.8 Å². The topological polar surface area (TPSA) is 83.0 Å². The number of hydrogen-bond acceptors (Lipinski definition) is 6. The number of amides is 1. The minimum Gasteiger partial charge on any atom is -0.507 e. The summed E-state index contributed by atoms with van der Waals surface area (Å²) in [5.74, 6) is -1.55. The van der Waals surface area contributed by atoms with Gasteiger partial charge in [-0.25, -0.2) is 0 Å². The van der Waals surface area contributed by atoms with Crippen molar-refractivity contribution >= 4 is 34.7 Å². The number of ketones is 1. The average Bonchev–Trinajstić information content (AvgIpc) is 3.08. The van der Waals surface area contributed by atoms with Gasteiger partial charge < -0.3 is 19.6 Å². The third kappa shape index (κ3) is 4.59. The Bertz CT molecular complexity index is 1300. The zero-order valence-corrected chi connectivity index (χ0v) is 20.7. The highest BCUT2D eigenvalue weighted by molar-refractivity contribution is 6.46. The van der Waals surface area contributed by atoms with E-state index in [1.165, 1.54) is 12.0 Å². The number of hydrogen-bond donors (Lipinski definition) is 1. The Morgan fingerprint density at radius 2 is 1.77 bits per heavy atom. The van der Waals surface area contributed by atoms with Crippen molar-refractivity contribution in [3.8, 4) is 5.75 Å². The number of likely N-dealkylation sites (tertiary alicyclic amines) is 1. The highest BCUT2D eigenvalue weighted by Gasteiger charge is 2.46. The summed E-state index contributed by atoms with van der Waals surface area (Å²) in [6, 6.07) is 13.7. The van der Waals surface area contributed by atoms with Crippen molar-refractivity contribution in [3.63, 3.8) is 0 Å². The number of anilines is 1. The minimum absolute atomic E-state index is 0.0124. The molecule has 1 aliphatic rings. The van der Waals surface area contributed by atoms with Crippen LogP contribution in [0.15, 0.2) is 66.5 Å². The highest BCUT2D eigenvalue weighted by atomic mass is 35.5. The van der Waals surface area contributed by atoms with E-state index in [2.05, 4.69) is 4.98 Å². The van der Waals surface area contributed by atoms with Gasteiger partial charge in [0.15, 0.2) is 0 Å². The van der Waals surface area contributed by atoms with Crippen LogP contribution in [0.3, 0.4) is 0 Å². The van der Waals surface area contributed by atoms with E-state index in [0.29, 0.717) is 10.6 Å². The lowest BCUT2D eigenvalue weighted by Gasteiger charge is -2.26. The van der Waals surface area contributed by atoms with Gasteiger partial charge in [-0.3, -0.25) is 14.6 Å². The maximum absolute atomic E-state index is 13.3. The predicted octanol–water partition coefficient (Wildman–Crippen LogP) is 4.74. The molecular formula is C27H26ClN3O4. The first-order chi connectivity index (χ1) is 16.7. The van der Waals surface area contributed by atoms with Crippen LogP contribution in [0.4, 0.5) is 5.69 Å². The molecule has 1 aliphatic heterocycles. The van der Waals surface area contributed by atoms with Crippen molar-refractivity contribution in [2.75, 3.05) is 26.1 Å². The number of carbonyl (C=O) groups excluding carboxylic acids is 2. The van der Waals surface area contributed by atoms with Crippen LogP contribution in [0.1, 0.15) is 28.3 Å². The monoisotopic (exact) mass is 491 g/mol. The van der Waals surface area contributed by atoms with Crippen molar-refractivity contribution in [1.29, 1.82) is 0 Å². The van der Waals surface area contributed by atoms with Gasteiger partial charge in [-0.1, -0.05) is 23.7 Å². The fraction of sp³-hybridized carbons (Fsp3) is 0.222. The first-order valence-electron chi connectivity index (χ1n) is 11.0. The zero-order valence-electron chi connectivity index (χ0n) is 19.9. The SMILES string of the molecule is COc1c(Cl)cc(C)cc1/C(O)=C1\C(=O)C(=O)N(Cc2ccncc2)C1c1ccc(N(C)C)cc1. The van der Waals surface area contributed by atoms with Crippen LogP contribution < -0.4 is 9.64 Å². The summed E-state index contributed by atoms with van der Waals surface area (Å²) in [6.45, 7) is 2.00. The minimum atomic E-state index is -0.802. The molecule has 35 heavy (non-hydrogen) atoms. The standard InChI is InChI=1S/C27H26ClN3O4/c1-16-13-20(26(35-4)21(28)14-16)24(32)22-23(18-5-7-19(8-6-18)30(2)3)31(27(34)25(22)33)15-17-9-11-29-12-10-17/h5-14,23,32H,15H2,1-4H3/b24-22+. The average molecular weight is 492 g/mol. The molecule has 3 aromatic rings. The number of aromatic nitrogens is 1. The zero-order chi connectivity index (χ0) is 25.3. The number of nitrogens with zero attached hydrogens (tertiary/aromatic N) is 3. The third-order valence-corrected chi connectivity index (χ3v) is 6.30. The molecule has 0 aliphatic carbocycles. The number of carbonyl (C=O) groups is 2. The second-order valence-electron chi connectivity index (χ2n) is 8.60.